The summed E-state index contributed by atoms with van der Waals surface area (Å²) >= 11 is 0. The summed E-state index contributed by atoms with van der Waals surface area (Å²) < 4.78 is 18.4. The van der Waals surface area contributed by atoms with E-state index in [0.29, 0.717) is 13.1 Å². The molecule has 6 heteroatoms. The summed E-state index contributed by atoms with van der Waals surface area (Å²) in [4.78, 5) is 19.4. The fraction of sp³-hybridized carbons (Fsp3) is 0.375. The number of carbonyl (C=O) groups is 1. The Morgan fingerprint density at radius 3 is 2.47 bits per heavy atom. The van der Waals surface area contributed by atoms with Crippen molar-refractivity contribution in [2.24, 2.45) is 0 Å². The van der Waals surface area contributed by atoms with Crippen molar-refractivity contribution in [3.63, 3.8) is 0 Å². The number of hydrogen-bond acceptors (Lipinski definition) is 4. The molecule has 0 aliphatic carbocycles. The molecule has 0 unspecified atom stereocenters. The molecule has 5 nitrogen and oxygen atoms in total. The smallest absolute Gasteiger partial charge is 0.249 e. The fourth-order valence-corrected chi connectivity index (χ4v) is 4.10. The number of benzene rings is 2. The molecule has 0 spiro atoms. The van der Waals surface area contributed by atoms with E-state index in [0.717, 1.165) is 56.2 Å². The van der Waals surface area contributed by atoms with Crippen LogP contribution in [0.15, 0.2) is 60.2 Å². The van der Waals surface area contributed by atoms with Crippen molar-refractivity contribution in [1.29, 1.82) is 0 Å². The number of anilines is 1. The second kappa shape index (κ2) is 9.30. The first-order chi connectivity index (χ1) is 14.6. The Morgan fingerprint density at radius 2 is 1.80 bits per heavy atom. The van der Waals surface area contributed by atoms with Gasteiger partial charge in [-0.25, -0.2) is 4.39 Å². The lowest BCUT2D eigenvalue weighted by atomic mass is 10.1. The maximum Gasteiger partial charge on any atom is 0.249 e. The number of rotatable bonds is 5. The van der Waals surface area contributed by atoms with Crippen LogP contribution in [0.1, 0.15) is 12.0 Å². The molecule has 0 bridgehead atoms. The zero-order valence-electron chi connectivity index (χ0n) is 17.4. The molecule has 2 aromatic rings. The van der Waals surface area contributed by atoms with Gasteiger partial charge >= 0.3 is 0 Å². The molecule has 158 valence electrons. The van der Waals surface area contributed by atoms with Crippen molar-refractivity contribution in [1.82, 2.24) is 9.80 Å². The van der Waals surface area contributed by atoms with Crippen molar-refractivity contribution in [2.75, 3.05) is 51.3 Å². The second-order valence-corrected chi connectivity index (χ2v) is 7.82. The van der Waals surface area contributed by atoms with Crippen LogP contribution in [0.4, 0.5) is 10.1 Å². The molecule has 2 aliphatic rings. The highest BCUT2D eigenvalue weighted by Gasteiger charge is 2.25. The largest absolute Gasteiger partial charge is 0.497 e. The van der Waals surface area contributed by atoms with E-state index in [9.17, 15) is 9.18 Å². The predicted molar refractivity (Wildman–Crippen MR) is 116 cm³/mol. The SMILES string of the molecule is COc1cccc(CN2CC=C(C(=O)N3CCN(c4ccc(F)cc4)CC3)CC2)c1. The highest BCUT2D eigenvalue weighted by Crippen LogP contribution is 2.21. The van der Waals surface area contributed by atoms with E-state index in [1.165, 1.54) is 17.7 Å². The first-order valence-corrected chi connectivity index (χ1v) is 10.5. The zero-order valence-corrected chi connectivity index (χ0v) is 17.4. The lowest BCUT2D eigenvalue weighted by Gasteiger charge is -2.37. The monoisotopic (exact) mass is 409 g/mol. The van der Waals surface area contributed by atoms with Crippen LogP contribution in [-0.4, -0.2) is 62.1 Å². The first-order valence-electron chi connectivity index (χ1n) is 10.5. The summed E-state index contributed by atoms with van der Waals surface area (Å²) in [6, 6.07) is 14.7. The number of ether oxygens (including phenoxy) is 1. The van der Waals surface area contributed by atoms with Gasteiger partial charge in [0, 0.05) is 57.1 Å². The molecule has 0 N–H and O–H groups in total. The topological polar surface area (TPSA) is 36.0 Å². The van der Waals surface area contributed by atoms with E-state index in [2.05, 4.69) is 28.0 Å². The number of halogens is 1. The Bertz CT molecular complexity index is 905. The van der Waals surface area contributed by atoms with E-state index in [4.69, 9.17) is 4.74 Å². The summed E-state index contributed by atoms with van der Waals surface area (Å²) in [6.45, 7) is 5.45. The molecule has 2 heterocycles. The van der Waals surface area contributed by atoms with E-state index in [-0.39, 0.29) is 11.7 Å². The summed E-state index contributed by atoms with van der Waals surface area (Å²) in [6.07, 6.45) is 2.86. The minimum absolute atomic E-state index is 0.162. The quantitative estimate of drug-likeness (QED) is 0.759. The minimum atomic E-state index is -0.225. The average Bonchev–Trinajstić information content (AvgIpc) is 2.80. The Labute approximate surface area is 177 Å². The molecule has 4 rings (SSSR count). The van der Waals surface area contributed by atoms with Crippen molar-refractivity contribution in [2.45, 2.75) is 13.0 Å². The van der Waals surface area contributed by atoms with E-state index in [1.54, 1.807) is 19.2 Å². The summed E-state index contributed by atoms with van der Waals surface area (Å²) in [7, 11) is 1.68. The second-order valence-electron chi connectivity index (χ2n) is 7.82. The molecule has 1 fully saturated rings. The number of amides is 1. The molecule has 0 radical (unpaired) electrons. The summed E-state index contributed by atoms with van der Waals surface area (Å²) in [5.41, 5.74) is 3.15. The Balaban J connectivity index is 1.29. The van der Waals surface area contributed by atoms with Gasteiger partial charge in [0.25, 0.3) is 0 Å². The van der Waals surface area contributed by atoms with Gasteiger partial charge in [0.1, 0.15) is 11.6 Å². The highest BCUT2D eigenvalue weighted by molar-refractivity contribution is 5.93. The van der Waals surface area contributed by atoms with Crippen LogP contribution < -0.4 is 9.64 Å². The molecular weight excluding hydrogens is 381 g/mol. The van der Waals surface area contributed by atoms with Crippen LogP contribution in [0.3, 0.4) is 0 Å². The Hall–Kier alpha value is -2.86. The van der Waals surface area contributed by atoms with E-state index < -0.39 is 0 Å². The number of piperazine rings is 1. The minimum Gasteiger partial charge on any atom is -0.497 e. The van der Waals surface area contributed by atoms with E-state index in [1.807, 2.05) is 17.0 Å². The molecule has 0 atom stereocenters. The van der Waals surface area contributed by atoms with Crippen LogP contribution in [0.2, 0.25) is 0 Å². The van der Waals surface area contributed by atoms with Crippen LogP contribution in [-0.2, 0) is 11.3 Å². The fourth-order valence-electron chi connectivity index (χ4n) is 4.10. The standard InChI is InChI=1S/C24H28FN3O2/c1-30-23-4-2-3-19(17-23)18-26-11-9-20(10-12-26)24(29)28-15-13-27(14-16-28)22-7-5-21(25)6-8-22/h2-9,17H,10-16,18H2,1H3. The molecule has 0 saturated carbocycles. The maximum absolute atomic E-state index is 13.1. The lowest BCUT2D eigenvalue weighted by Crippen LogP contribution is -2.49. The molecule has 1 saturated heterocycles. The van der Waals surface area contributed by atoms with Crippen LogP contribution in [0, 0.1) is 5.82 Å². The third-order valence-corrected chi connectivity index (χ3v) is 5.87. The van der Waals surface area contributed by atoms with Crippen molar-refractivity contribution >= 4 is 11.6 Å². The molecule has 0 aromatic heterocycles. The average molecular weight is 410 g/mol. The van der Waals surface area contributed by atoms with Crippen molar-refractivity contribution in [3.8, 4) is 5.75 Å². The zero-order chi connectivity index (χ0) is 20.9. The van der Waals surface area contributed by atoms with Gasteiger partial charge in [0.15, 0.2) is 0 Å². The Kier molecular flexibility index (Phi) is 6.33. The molecule has 1 amide bonds. The van der Waals surface area contributed by atoms with Crippen LogP contribution in [0.25, 0.3) is 0 Å². The van der Waals surface area contributed by atoms with Gasteiger partial charge in [0.05, 0.1) is 7.11 Å². The molecule has 2 aromatic carbocycles. The number of hydrogen-bond donors (Lipinski definition) is 0. The van der Waals surface area contributed by atoms with Gasteiger partial charge in [-0.1, -0.05) is 18.2 Å². The predicted octanol–water partition coefficient (Wildman–Crippen LogP) is 3.32. The van der Waals surface area contributed by atoms with Crippen molar-refractivity contribution < 1.29 is 13.9 Å². The number of nitrogens with zero attached hydrogens (tertiary/aromatic N) is 3. The van der Waals surface area contributed by atoms with Crippen LogP contribution in [0.5, 0.6) is 5.75 Å². The van der Waals surface area contributed by atoms with Crippen LogP contribution >= 0.6 is 0 Å². The van der Waals surface area contributed by atoms with Gasteiger partial charge in [0.2, 0.25) is 5.91 Å². The summed E-state index contributed by atoms with van der Waals surface area (Å²) in [5.74, 6) is 0.808. The number of methoxy groups -OCH3 is 1. The lowest BCUT2D eigenvalue weighted by molar-refractivity contribution is -0.127. The number of carbonyl (C=O) groups excluding carboxylic acids is 1. The maximum atomic E-state index is 13.1. The molecule has 2 aliphatic heterocycles. The summed E-state index contributed by atoms with van der Waals surface area (Å²) in [5, 5.41) is 0. The molecular formula is C24H28FN3O2. The van der Waals surface area contributed by atoms with Gasteiger partial charge in [-0.2, -0.15) is 0 Å². The third-order valence-electron chi connectivity index (χ3n) is 5.87. The first kappa shape index (κ1) is 20.4. The molecule has 30 heavy (non-hydrogen) atoms. The Morgan fingerprint density at radius 1 is 1.03 bits per heavy atom. The third kappa shape index (κ3) is 4.82. The van der Waals surface area contributed by atoms with Gasteiger partial charge in [-0.3, -0.25) is 9.69 Å². The van der Waals surface area contributed by atoms with E-state index >= 15 is 0 Å². The normalized spacial score (nSPS) is 17.6. The van der Waals surface area contributed by atoms with Crippen molar-refractivity contribution in [3.05, 3.63) is 71.6 Å². The highest BCUT2D eigenvalue weighted by atomic mass is 19.1. The van der Waals surface area contributed by atoms with Gasteiger partial charge in [-0.15, -0.1) is 0 Å². The van der Waals surface area contributed by atoms with Gasteiger partial charge in [-0.05, 0) is 48.4 Å². The van der Waals surface area contributed by atoms with Gasteiger partial charge < -0.3 is 14.5 Å².